The first-order valence-corrected chi connectivity index (χ1v) is 8.96. The van der Waals surface area contributed by atoms with Crippen LogP contribution in [0.3, 0.4) is 0 Å². The lowest BCUT2D eigenvalue weighted by molar-refractivity contribution is -0.146. The summed E-state index contributed by atoms with van der Waals surface area (Å²) in [6.45, 7) is 0.196. The highest BCUT2D eigenvalue weighted by Crippen LogP contribution is 2.10. The Hall–Kier alpha value is -3.15. The van der Waals surface area contributed by atoms with Crippen LogP contribution in [0.4, 0.5) is 0 Å². The van der Waals surface area contributed by atoms with E-state index in [1.807, 2.05) is 60.7 Å². The Kier molecular flexibility index (Phi) is 6.20. The van der Waals surface area contributed by atoms with Gasteiger partial charge in [0.15, 0.2) is 0 Å². The Balaban J connectivity index is 1.44. The predicted octanol–water partition coefficient (Wildman–Crippen LogP) is 1.74. The van der Waals surface area contributed by atoms with Gasteiger partial charge in [-0.1, -0.05) is 60.7 Å². The highest BCUT2D eigenvalue weighted by Gasteiger charge is 2.33. The lowest BCUT2D eigenvalue weighted by Crippen LogP contribution is -2.62. The van der Waals surface area contributed by atoms with Crippen LogP contribution in [0.25, 0.3) is 0 Å². The molecule has 0 bridgehead atoms. The molecule has 0 aliphatic carbocycles. The van der Waals surface area contributed by atoms with Crippen molar-refractivity contribution in [2.45, 2.75) is 38.0 Å². The Bertz CT molecular complexity index is 792. The van der Waals surface area contributed by atoms with E-state index in [1.165, 1.54) is 0 Å². The molecule has 2 aromatic carbocycles. The Morgan fingerprint density at radius 3 is 2.04 bits per heavy atom. The Morgan fingerprint density at radius 2 is 1.37 bits per heavy atom. The van der Waals surface area contributed by atoms with Gasteiger partial charge in [-0.2, -0.15) is 0 Å². The summed E-state index contributed by atoms with van der Waals surface area (Å²) in [4.78, 5) is 36.4. The molecule has 0 unspecified atom stereocenters. The van der Waals surface area contributed by atoms with Crippen LogP contribution < -0.4 is 10.6 Å². The third kappa shape index (κ3) is 5.41. The topological polar surface area (TPSA) is 84.5 Å². The summed E-state index contributed by atoms with van der Waals surface area (Å²) in [6, 6.07) is 17.6. The van der Waals surface area contributed by atoms with E-state index in [4.69, 9.17) is 4.74 Å². The van der Waals surface area contributed by atoms with Crippen molar-refractivity contribution in [3.8, 4) is 0 Å². The molecule has 2 aromatic rings. The maximum atomic E-state index is 12.3. The monoisotopic (exact) mass is 366 g/mol. The van der Waals surface area contributed by atoms with Crippen molar-refractivity contribution in [3.05, 3.63) is 71.8 Å². The van der Waals surface area contributed by atoms with E-state index in [1.54, 1.807) is 0 Å². The van der Waals surface area contributed by atoms with Gasteiger partial charge in [0.1, 0.15) is 18.7 Å². The molecular weight excluding hydrogens is 344 g/mol. The SMILES string of the molecule is O=C(CC[C@@H]1NC(=O)[C@H](Cc2ccccc2)NC1=O)OCc1ccccc1. The minimum atomic E-state index is -0.714. The van der Waals surface area contributed by atoms with E-state index in [0.29, 0.717) is 6.42 Å². The summed E-state index contributed by atoms with van der Waals surface area (Å²) < 4.78 is 5.20. The largest absolute Gasteiger partial charge is 0.461 e. The molecule has 1 fully saturated rings. The number of rotatable bonds is 7. The Morgan fingerprint density at radius 1 is 0.815 bits per heavy atom. The van der Waals surface area contributed by atoms with E-state index in [-0.39, 0.29) is 31.3 Å². The molecule has 1 aliphatic heterocycles. The molecule has 2 N–H and O–H groups in total. The molecule has 0 radical (unpaired) electrons. The molecule has 0 aromatic heterocycles. The van der Waals surface area contributed by atoms with Crippen LogP contribution in [-0.4, -0.2) is 29.9 Å². The van der Waals surface area contributed by atoms with E-state index in [0.717, 1.165) is 11.1 Å². The molecule has 27 heavy (non-hydrogen) atoms. The van der Waals surface area contributed by atoms with E-state index < -0.39 is 18.1 Å². The van der Waals surface area contributed by atoms with E-state index in [9.17, 15) is 14.4 Å². The standard InChI is InChI=1S/C21H22N2O4/c24-19(27-14-16-9-5-2-6-10-16)12-11-17-20(25)23-18(21(26)22-17)13-15-7-3-1-4-8-15/h1-10,17-18H,11-14H2,(H,22,26)(H,23,25)/t17-,18-/m0/s1. The fourth-order valence-corrected chi connectivity index (χ4v) is 2.94. The van der Waals surface area contributed by atoms with E-state index >= 15 is 0 Å². The Labute approximate surface area is 157 Å². The molecule has 1 saturated heterocycles. The van der Waals surface area contributed by atoms with Crippen molar-refractivity contribution >= 4 is 17.8 Å². The first-order valence-electron chi connectivity index (χ1n) is 8.96. The molecule has 6 nitrogen and oxygen atoms in total. The highest BCUT2D eigenvalue weighted by atomic mass is 16.5. The van der Waals surface area contributed by atoms with Gasteiger partial charge in [-0.15, -0.1) is 0 Å². The minimum Gasteiger partial charge on any atom is -0.461 e. The van der Waals surface area contributed by atoms with Crippen molar-refractivity contribution in [1.82, 2.24) is 10.6 Å². The van der Waals surface area contributed by atoms with Crippen molar-refractivity contribution in [1.29, 1.82) is 0 Å². The number of amides is 2. The fraction of sp³-hybridized carbons (Fsp3) is 0.286. The van der Waals surface area contributed by atoms with Gasteiger partial charge >= 0.3 is 5.97 Å². The zero-order valence-electron chi connectivity index (χ0n) is 14.9. The molecule has 1 aliphatic rings. The highest BCUT2D eigenvalue weighted by molar-refractivity contribution is 5.97. The van der Waals surface area contributed by atoms with E-state index in [2.05, 4.69) is 10.6 Å². The van der Waals surface area contributed by atoms with Crippen molar-refractivity contribution in [3.63, 3.8) is 0 Å². The third-order valence-electron chi connectivity index (χ3n) is 4.43. The maximum Gasteiger partial charge on any atom is 0.306 e. The minimum absolute atomic E-state index is 0.0640. The second kappa shape index (κ2) is 8.98. The van der Waals surface area contributed by atoms with Crippen molar-refractivity contribution < 1.29 is 19.1 Å². The summed E-state index contributed by atoms with van der Waals surface area (Å²) in [5, 5.41) is 5.45. The lowest BCUT2D eigenvalue weighted by Gasteiger charge is -2.29. The molecule has 1 heterocycles. The molecule has 0 spiro atoms. The quantitative estimate of drug-likeness (QED) is 0.731. The smallest absolute Gasteiger partial charge is 0.306 e. The number of carbonyl (C=O) groups is 3. The second-order valence-electron chi connectivity index (χ2n) is 6.50. The van der Waals surface area contributed by atoms with Gasteiger partial charge in [0.05, 0.1) is 0 Å². The first kappa shape index (κ1) is 18.6. The fourth-order valence-electron chi connectivity index (χ4n) is 2.94. The van der Waals surface area contributed by atoms with Crippen LogP contribution in [0.5, 0.6) is 0 Å². The van der Waals surface area contributed by atoms with Crippen molar-refractivity contribution in [2.24, 2.45) is 0 Å². The number of hydrogen-bond donors (Lipinski definition) is 2. The average molecular weight is 366 g/mol. The molecule has 2 amide bonds. The molecule has 140 valence electrons. The first-order chi connectivity index (χ1) is 13.1. The number of nitrogens with one attached hydrogen (secondary N) is 2. The summed E-state index contributed by atoms with van der Waals surface area (Å²) in [7, 11) is 0. The summed E-state index contributed by atoms with van der Waals surface area (Å²) in [5.74, 6) is -0.903. The van der Waals surface area contributed by atoms with Crippen LogP contribution in [0, 0.1) is 0 Å². The summed E-state index contributed by atoms with van der Waals surface area (Å²) in [5.41, 5.74) is 1.87. The van der Waals surface area contributed by atoms with Crippen LogP contribution in [0.15, 0.2) is 60.7 Å². The number of piperazine rings is 1. The van der Waals surface area contributed by atoms with Crippen molar-refractivity contribution in [2.75, 3.05) is 0 Å². The van der Waals surface area contributed by atoms with Gasteiger partial charge in [-0.25, -0.2) is 0 Å². The number of hydrogen-bond acceptors (Lipinski definition) is 4. The van der Waals surface area contributed by atoms with Gasteiger partial charge in [0, 0.05) is 12.8 Å². The predicted molar refractivity (Wildman–Crippen MR) is 99.5 cm³/mol. The van der Waals surface area contributed by atoms with Gasteiger partial charge in [-0.05, 0) is 17.5 Å². The normalized spacial score (nSPS) is 19.1. The number of benzene rings is 2. The number of esters is 1. The average Bonchev–Trinajstić information content (AvgIpc) is 2.69. The van der Waals surface area contributed by atoms with Gasteiger partial charge in [0.2, 0.25) is 11.8 Å². The zero-order chi connectivity index (χ0) is 19.1. The third-order valence-corrected chi connectivity index (χ3v) is 4.43. The van der Waals surface area contributed by atoms with Gasteiger partial charge < -0.3 is 15.4 Å². The zero-order valence-corrected chi connectivity index (χ0v) is 14.9. The van der Waals surface area contributed by atoms with Gasteiger partial charge in [-0.3, -0.25) is 14.4 Å². The summed E-state index contributed by atoms with van der Waals surface area (Å²) >= 11 is 0. The number of carbonyl (C=O) groups excluding carboxylic acids is 3. The summed E-state index contributed by atoms with van der Waals surface area (Å²) in [6.07, 6.45) is 0.710. The molecule has 3 rings (SSSR count). The van der Waals surface area contributed by atoms with Gasteiger partial charge in [0.25, 0.3) is 0 Å². The van der Waals surface area contributed by atoms with Crippen LogP contribution in [0.1, 0.15) is 24.0 Å². The van der Waals surface area contributed by atoms with Crippen LogP contribution in [-0.2, 0) is 32.1 Å². The second-order valence-corrected chi connectivity index (χ2v) is 6.50. The van der Waals surface area contributed by atoms with Crippen LogP contribution in [0.2, 0.25) is 0 Å². The number of ether oxygens (including phenoxy) is 1. The molecular formula is C21H22N2O4. The maximum absolute atomic E-state index is 12.3. The molecule has 2 atom stereocenters. The molecule has 0 saturated carbocycles. The lowest BCUT2D eigenvalue weighted by atomic mass is 10.0. The van der Waals surface area contributed by atoms with Crippen LogP contribution >= 0.6 is 0 Å². The molecule has 6 heteroatoms.